The number of hydrogen-bond acceptors (Lipinski definition) is 3. The van der Waals surface area contributed by atoms with Gasteiger partial charge in [-0.15, -0.1) is 0 Å². The van der Waals surface area contributed by atoms with Crippen LogP contribution in [0.2, 0.25) is 0 Å². The second kappa shape index (κ2) is 6.78. The maximum absolute atomic E-state index is 13.8. The first-order valence-corrected chi connectivity index (χ1v) is 7.52. The van der Waals surface area contributed by atoms with Crippen molar-refractivity contribution in [3.05, 3.63) is 59.7 Å². The van der Waals surface area contributed by atoms with Crippen LogP contribution in [-0.4, -0.2) is 22.3 Å². The van der Waals surface area contributed by atoms with Gasteiger partial charge in [0.15, 0.2) is 0 Å². The summed E-state index contributed by atoms with van der Waals surface area (Å²) in [4.78, 5) is 29.6. The second-order valence-electron chi connectivity index (χ2n) is 6.43. The van der Waals surface area contributed by atoms with Crippen LogP contribution in [0.3, 0.4) is 0 Å². The Morgan fingerprint density at radius 2 is 1.88 bits per heavy atom. The average molecular weight is 329 g/mol. The fraction of sp³-hybridized carbons (Fsp3) is 0.278. The van der Waals surface area contributed by atoms with E-state index in [-0.39, 0.29) is 18.0 Å². The number of amides is 2. The summed E-state index contributed by atoms with van der Waals surface area (Å²) in [7, 11) is 0. The third-order valence-electron chi connectivity index (χ3n) is 3.47. The van der Waals surface area contributed by atoms with Crippen molar-refractivity contribution < 1.29 is 14.0 Å². The van der Waals surface area contributed by atoms with Gasteiger partial charge in [-0.25, -0.2) is 4.39 Å². The van der Waals surface area contributed by atoms with Gasteiger partial charge >= 0.3 is 0 Å². The standard InChI is InChI=1S/C18H20FN3O2/c1-18(2,3)22(13-8-9-21-15(11-13)17(20)24)16(23)10-12-6-4-5-7-14(12)19/h4-9,11H,10H2,1-3H3,(H2,20,24). The molecule has 0 aliphatic heterocycles. The van der Waals surface area contributed by atoms with Gasteiger partial charge < -0.3 is 10.6 Å². The Bertz CT molecular complexity index is 769. The first kappa shape index (κ1) is 17.6. The number of carbonyl (C=O) groups is 2. The Morgan fingerprint density at radius 1 is 1.21 bits per heavy atom. The molecule has 0 atom stereocenters. The number of hydrogen-bond donors (Lipinski definition) is 1. The van der Waals surface area contributed by atoms with Gasteiger partial charge in [0.05, 0.1) is 6.42 Å². The summed E-state index contributed by atoms with van der Waals surface area (Å²) in [6, 6.07) is 9.25. The number of halogens is 1. The molecule has 1 aromatic heterocycles. The molecule has 0 radical (unpaired) electrons. The topological polar surface area (TPSA) is 76.3 Å². The average Bonchev–Trinajstić information content (AvgIpc) is 2.48. The smallest absolute Gasteiger partial charge is 0.267 e. The van der Waals surface area contributed by atoms with Crippen molar-refractivity contribution >= 4 is 17.5 Å². The molecule has 126 valence electrons. The highest BCUT2D eigenvalue weighted by atomic mass is 19.1. The molecule has 0 spiro atoms. The van der Waals surface area contributed by atoms with Crippen molar-refractivity contribution in [2.75, 3.05) is 4.90 Å². The molecule has 2 amide bonds. The fourth-order valence-electron chi connectivity index (χ4n) is 2.48. The minimum Gasteiger partial charge on any atom is -0.364 e. The number of primary amides is 1. The fourth-order valence-corrected chi connectivity index (χ4v) is 2.48. The summed E-state index contributed by atoms with van der Waals surface area (Å²) in [5.74, 6) is -1.38. The molecule has 0 aliphatic carbocycles. The summed E-state index contributed by atoms with van der Waals surface area (Å²) < 4.78 is 13.8. The number of anilines is 1. The first-order chi connectivity index (χ1) is 11.2. The molecule has 6 heteroatoms. The molecule has 0 aliphatic rings. The van der Waals surface area contributed by atoms with Crippen molar-refractivity contribution in [2.24, 2.45) is 5.73 Å². The molecule has 2 rings (SSSR count). The van der Waals surface area contributed by atoms with Gasteiger partial charge in [-0.1, -0.05) is 18.2 Å². The SMILES string of the molecule is CC(C)(C)N(C(=O)Cc1ccccc1F)c1ccnc(C(N)=O)c1. The van der Waals surface area contributed by atoms with Crippen LogP contribution in [0, 0.1) is 5.82 Å². The summed E-state index contributed by atoms with van der Waals surface area (Å²) in [5.41, 5.74) is 5.57. The van der Waals surface area contributed by atoms with E-state index >= 15 is 0 Å². The maximum atomic E-state index is 13.8. The lowest BCUT2D eigenvalue weighted by Gasteiger charge is -2.36. The van der Waals surface area contributed by atoms with E-state index in [0.717, 1.165) is 0 Å². The van der Waals surface area contributed by atoms with Crippen LogP contribution in [-0.2, 0) is 11.2 Å². The molecule has 1 heterocycles. The molecule has 5 nitrogen and oxygen atoms in total. The summed E-state index contributed by atoms with van der Waals surface area (Å²) in [6.45, 7) is 5.57. The zero-order valence-corrected chi connectivity index (χ0v) is 13.9. The van der Waals surface area contributed by atoms with E-state index in [0.29, 0.717) is 11.3 Å². The van der Waals surface area contributed by atoms with Crippen LogP contribution >= 0.6 is 0 Å². The molecule has 0 saturated carbocycles. The zero-order chi connectivity index (χ0) is 17.9. The maximum Gasteiger partial charge on any atom is 0.267 e. The van der Waals surface area contributed by atoms with E-state index < -0.39 is 17.3 Å². The van der Waals surface area contributed by atoms with Crippen LogP contribution in [0.5, 0.6) is 0 Å². The van der Waals surface area contributed by atoms with Gasteiger partial charge in [-0.2, -0.15) is 0 Å². The Labute approximate surface area is 140 Å². The lowest BCUT2D eigenvalue weighted by atomic mass is 10.0. The number of benzene rings is 1. The lowest BCUT2D eigenvalue weighted by Crippen LogP contribution is -2.47. The van der Waals surface area contributed by atoms with Gasteiger partial charge in [0.25, 0.3) is 5.91 Å². The quantitative estimate of drug-likeness (QED) is 0.937. The van der Waals surface area contributed by atoms with Crippen molar-refractivity contribution in [3.8, 4) is 0 Å². The van der Waals surface area contributed by atoms with Crippen molar-refractivity contribution in [2.45, 2.75) is 32.7 Å². The number of aromatic nitrogens is 1. The van der Waals surface area contributed by atoms with E-state index in [4.69, 9.17) is 5.73 Å². The van der Waals surface area contributed by atoms with Gasteiger partial charge in [-0.3, -0.25) is 14.6 Å². The number of rotatable bonds is 4. The van der Waals surface area contributed by atoms with Gasteiger partial charge in [0, 0.05) is 17.4 Å². The van der Waals surface area contributed by atoms with Gasteiger partial charge in [0.2, 0.25) is 5.91 Å². The summed E-state index contributed by atoms with van der Waals surface area (Å²) in [5, 5.41) is 0. The minimum atomic E-state index is -0.674. The molecule has 0 bridgehead atoms. The molecule has 1 aromatic carbocycles. The molecule has 0 fully saturated rings. The molecule has 2 N–H and O–H groups in total. The Hall–Kier alpha value is -2.76. The molecule has 0 saturated heterocycles. The van der Waals surface area contributed by atoms with Crippen LogP contribution in [0.25, 0.3) is 0 Å². The predicted molar refractivity (Wildman–Crippen MR) is 90.1 cm³/mol. The van der Waals surface area contributed by atoms with Gasteiger partial charge in [-0.05, 0) is 44.5 Å². The Balaban J connectivity index is 2.39. The monoisotopic (exact) mass is 329 g/mol. The van der Waals surface area contributed by atoms with E-state index in [2.05, 4.69) is 4.98 Å². The molecular weight excluding hydrogens is 309 g/mol. The summed E-state index contributed by atoms with van der Waals surface area (Å²) >= 11 is 0. The first-order valence-electron chi connectivity index (χ1n) is 7.52. The molecular formula is C18H20FN3O2. The number of pyridine rings is 1. The molecule has 24 heavy (non-hydrogen) atoms. The van der Waals surface area contributed by atoms with Crippen molar-refractivity contribution in [3.63, 3.8) is 0 Å². The minimum absolute atomic E-state index is 0.0699. The summed E-state index contributed by atoms with van der Waals surface area (Å²) in [6.07, 6.45) is 1.34. The highest BCUT2D eigenvalue weighted by Crippen LogP contribution is 2.25. The van der Waals surface area contributed by atoms with Crippen molar-refractivity contribution in [1.29, 1.82) is 0 Å². The largest absolute Gasteiger partial charge is 0.364 e. The third kappa shape index (κ3) is 3.95. The predicted octanol–water partition coefficient (Wildman–Crippen LogP) is 2.69. The molecule has 2 aromatic rings. The second-order valence-corrected chi connectivity index (χ2v) is 6.43. The normalized spacial score (nSPS) is 11.2. The highest BCUT2D eigenvalue weighted by Gasteiger charge is 2.29. The molecule has 0 unspecified atom stereocenters. The number of nitrogens with zero attached hydrogens (tertiary/aromatic N) is 2. The number of nitrogens with two attached hydrogens (primary N) is 1. The van der Waals surface area contributed by atoms with E-state index in [1.54, 1.807) is 24.3 Å². The van der Waals surface area contributed by atoms with Crippen LogP contribution in [0.15, 0.2) is 42.6 Å². The van der Waals surface area contributed by atoms with E-state index in [1.807, 2.05) is 20.8 Å². The van der Waals surface area contributed by atoms with Crippen LogP contribution < -0.4 is 10.6 Å². The Kier molecular flexibility index (Phi) is 4.97. The van der Waals surface area contributed by atoms with E-state index in [1.165, 1.54) is 23.2 Å². The van der Waals surface area contributed by atoms with Gasteiger partial charge in [0.1, 0.15) is 11.5 Å². The zero-order valence-electron chi connectivity index (χ0n) is 13.9. The van der Waals surface area contributed by atoms with Crippen LogP contribution in [0.1, 0.15) is 36.8 Å². The number of carbonyl (C=O) groups excluding carboxylic acids is 2. The lowest BCUT2D eigenvalue weighted by molar-refractivity contribution is -0.119. The highest BCUT2D eigenvalue weighted by molar-refractivity contribution is 5.98. The third-order valence-corrected chi connectivity index (χ3v) is 3.47. The van der Waals surface area contributed by atoms with Crippen molar-refractivity contribution in [1.82, 2.24) is 4.98 Å². The van der Waals surface area contributed by atoms with Crippen LogP contribution in [0.4, 0.5) is 10.1 Å². The Morgan fingerprint density at radius 3 is 2.46 bits per heavy atom. The van der Waals surface area contributed by atoms with E-state index in [9.17, 15) is 14.0 Å².